The van der Waals surface area contributed by atoms with Crippen LogP contribution in [0.3, 0.4) is 0 Å². The Kier molecular flexibility index (Phi) is 4.20. The summed E-state index contributed by atoms with van der Waals surface area (Å²) in [5.41, 5.74) is 0. The third-order valence-electron chi connectivity index (χ3n) is 3.85. The highest BCUT2D eigenvalue weighted by molar-refractivity contribution is 5.22. The van der Waals surface area contributed by atoms with E-state index in [1.165, 1.54) is 18.7 Å². The summed E-state index contributed by atoms with van der Waals surface area (Å²) in [6.07, 6.45) is 14.7. The van der Waals surface area contributed by atoms with Gasteiger partial charge in [-0.2, -0.15) is 0 Å². The summed E-state index contributed by atoms with van der Waals surface area (Å²) < 4.78 is 5.46. The molecule has 1 unspecified atom stereocenters. The molecule has 0 aliphatic carbocycles. The topological polar surface area (TPSA) is 29.8 Å². The van der Waals surface area contributed by atoms with Gasteiger partial charge in [-0.15, -0.1) is 0 Å². The average Bonchev–Trinajstić information content (AvgIpc) is 2.75. The quantitative estimate of drug-likeness (QED) is 0.756. The van der Waals surface area contributed by atoms with Gasteiger partial charge in [0.15, 0.2) is 0 Å². The van der Waals surface area contributed by atoms with Gasteiger partial charge in [0.25, 0.3) is 0 Å². The van der Waals surface area contributed by atoms with Gasteiger partial charge < -0.3 is 14.5 Å². The normalized spacial score (nSPS) is 28.2. The molecular formula is C15H22N3O. The molecular weight excluding hydrogens is 238 g/mol. The van der Waals surface area contributed by atoms with E-state index in [0.717, 1.165) is 39.3 Å². The smallest absolute Gasteiger partial charge is 0.109 e. The van der Waals surface area contributed by atoms with E-state index in [9.17, 15) is 0 Å². The van der Waals surface area contributed by atoms with Crippen LogP contribution < -0.4 is 5.32 Å². The second-order valence-electron chi connectivity index (χ2n) is 5.14. The maximum absolute atomic E-state index is 5.46. The van der Waals surface area contributed by atoms with E-state index >= 15 is 0 Å². The fraction of sp³-hybridized carbons (Fsp3) is 0.600. The van der Waals surface area contributed by atoms with Crippen LogP contribution in [0, 0.1) is 0 Å². The molecule has 19 heavy (non-hydrogen) atoms. The van der Waals surface area contributed by atoms with Gasteiger partial charge in [0, 0.05) is 25.8 Å². The summed E-state index contributed by atoms with van der Waals surface area (Å²) in [5.74, 6) is 1.27. The van der Waals surface area contributed by atoms with E-state index in [4.69, 9.17) is 10.1 Å². The van der Waals surface area contributed by atoms with Crippen LogP contribution in [0.4, 0.5) is 0 Å². The minimum atomic E-state index is 0.305. The molecule has 0 aromatic carbocycles. The fourth-order valence-corrected chi connectivity index (χ4v) is 2.82. The lowest BCUT2D eigenvalue weighted by Gasteiger charge is -2.40. The van der Waals surface area contributed by atoms with Crippen LogP contribution in [-0.4, -0.2) is 48.8 Å². The molecule has 0 amide bonds. The second-order valence-corrected chi connectivity index (χ2v) is 5.14. The number of ether oxygens (including phenoxy) is 1. The first-order valence-electron chi connectivity index (χ1n) is 7.28. The summed E-state index contributed by atoms with van der Waals surface area (Å²) in [6, 6.07) is 0. The van der Waals surface area contributed by atoms with Gasteiger partial charge in [0.05, 0.1) is 13.2 Å². The first-order valence-corrected chi connectivity index (χ1v) is 7.28. The number of hydrogen-bond donors (Lipinski definition) is 0. The van der Waals surface area contributed by atoms with Crippen molar-refractivity contribution in [1.82, 2.24) is 15.1 Å². The highest BCUT2D eigenvalue weighted by Crippen LogP contribution is 2.23. The maximum Gasteiger partial charge on any atom is 0.109 e. The first-order chi connectivity index (χ1) is 9.45. The lowest BCUT2D eigenvalue weighted by Crippen LogP contribution is -2.47. The Morgan fingerprint density at radius 2 is 2.00 bits per heavy atom. The Morgan fingerprint density at radius 3 is 2.79 bits per heavy atom. The van der Waals surface area contributed by atoms with E-state index in [-0.39, 0.29) is 0 Å². The van der Waals surface area contributed by atoms with Crippen LogP contribution in [0.2, 0.25) is 0 Å². The summed E-state index contributed by atoms with van der Waals surface area (Å²) in [4.78, 5) is 4.75. The summed E-state index contributed by atoms with van der Waals surface area (Å²) in [5, 5.41) is 4.79. The minimum absolute atomic E-state index is 0.305. The van der Waals surface area contributed by atoms with E-state index < -0.39 is 0 Å². The molecule has 103 valence electrons. The SMILES string of the molecule is C1=CC=C(N2CCOCC2)N(C2CCCC[N]2)C=C1. The molecule has 0 aromatic rings. The van der Waals surface area contributed by atoms with E-state index in [1.54, 1.807) is 0 Å². The molecule has 4 heteroatoms. The van der Waals surface area contributed by atoms with Gasteiger partial charge in [-0.05, 0) is 31.4 Å². The lowest BCUT2D eigenvalue weighted by atomic mass is 10.1. The zero-order valence-corrected chi connectivity index (χ0v) is 11.4. The van der Waals surface area contributed by atoms with Gasteiger partial charge in [0.1, 0.15) is 12.0 Å². The van der Waals surface area contributed by atoms with Crippen LogP contribution in [0.5, 0.6) is 0 Å². The number of nitrogens with zero attached hydrogens (tertiary/aromatic N) is 3. The Bertz CT molecular complexity index is 377. The van der Waals surface area contributed by atoms with Crippen LogP contribution in [0.15, 0.2) is 36.3 Å². The first kappa shape index (κ1) is 12.8. The van der Waals surface area contributed by atoms with Gasteiger partial charge in [0.2, 0.25) is 0 Å². The third kappa shape index (κ3) is 3.01. The van der Waals surface area contributed by atoms with Crippen molar-refractivity contribution in [1.29, 1.82) is 0 Å². The van der Waals surface area contributed by atoms with Crippen molar-refractivity contribution in [3.63, 3.8) is 0 Å². The van der Waals surface area contributed by atoms with E-state index in [0.29, 0.717) is 6.17 Å². The Morgan fingerprint density at radius 1 is 1.11 bits per heavy atom. The lowest BCUT2D eigenvalue weighted by molar-refractivity contribution is 0.0349. The van der Waals surface area contributed by atoms with Crippen molar-refractivity contribution in [2.75, 3.05) is 32.8 Å². The molecule has 3 aliphatic rings. The van der Waals surface area contributed by atoms with E-state index in [1.807, 2.05) is 0 Å². The Hall–Kier alpha value is -1.26. The molecule has 3 rings (SSSR count). The predicted molar refractivity (Wildman–Crippen MR) is 75.2 cm³/mol. The van der Waals surface area contributed by atoms with E-state index in [2.05, 4.69) is 40.3 Å². The Balaban J connectivity index is 1.78. The van der Waals surface area contributed by atoms with Crippen molar-refractivity contribution in [3.05, 3.63) is 36.3 Å². The number of morpholine rings is 1. The molecule has 3 aliphatic heterocycles. The Labute approximate surface area is 115 Å². The van der Waals surface area contributed by atoms with Crippen molar-refractivity contribution in [2.45, 2.75) is 25.4 Å². The number of hydrogen-bond acceptors (Lipinski definition) is 3. The van der Waals surface area contributed by atoms with Crippen LogP contribution in [-0.2, 0) is 4.74 Å². The monoisotopic (exact) mass is 260 g/mol. The molecule has 0 N–H and O–H groups in total. The molecule has 0 aromatic heterocycles. The van der Waals surface area contributed by atoms with Gasteiger partial charge in [-0.3, -0.25) is 0 Å². The standard InChI is InChI=1S/C15H22N3O/c1-2-7-15(17-10-12-19-13-11-17)18(9-5-1)14-6-3-4-8-16-14/h1-2,5,7,9,14H,3-4,6,8,10-13H2. The third-order valence-corrected chi connectivity index (χ3v) is 3.85. The summed E-state index contributed by atoms with van der Waals surface area (Å²) in [6.45, 7) is 4.58. The largest absolute Gasteiger partial charge is 0.378 e. The van der Waals surface area contributed by atoms with Crippen LogP contribution in [0.25, 0.3) is 0 Å². The van der Waals surface area contributed by atoms with Gasteiger partial charge >= 0.3 is 0 Å². The zero-order valence-electron chi connectivity index (χ0n) is 11.4. The average molecular weight is 260 g/mol. The molecule has 2 fully saturated rings. The number of piperidine rings is 1. The van der Waals surface area contributed by atoms with Gasteiger partial charge in [-0.1, -0.05) is 12.2 Å². The summed E-state index contributed by atoms with van der Waals surface area (Å²) >= 11 is 0. The molecule has 2 saturated heterocycles. The van der Waals surface area contributed by atoms with Crippen LogP contribution >= 0.6 is 0 Å². The predicted octanol–water partition coefficient (Wildman–Crippen LogP) is 1.66. The second kappa shape index (κ2) is 6.26. The molecule has 0 bridgehead atoms. The zero-order chi connectivity index (χ0) is 12.9. The maximum atomic E-state index is 5.46. The molecule has 1 radical (unpaired) electrons. The number of rotatable bonds is 2. The molecule has 0 saturated carbocycles. The summed E-state index contributed by atoms with van der Waals surface area (Å²) in [7, 11) is 0. The van der Waals surface area contributed by atoms with Crippen molar-refractivity contribution in [3.8, 4) is 0 Å². The van der Waals surface area contributed by atoms with Crippen LogP contribution in [0.1, 0.15) is 19.3 Å². The molecule has 4 nitrogen and oxygen atoms in total. The van der Waals surface area contributed by atoms with Crippen molar-refractivity contribution < 1.29 is 4.74 Å². The molecule has 1 atom stereocenters. The fourth-order valence-electron chi connectivity index (χ4n) is 2.82. The highest BCUT2D eigenvalue weighted by atomic mass is 16.5. The van der Waals surface area contributed by atoms with Gasteiger partial charge in [-0.25, -0.2) is 5.32 Å². The highest BCUT2D eigenvalue weighted by Gasteiger charge is 2.26. The van der Waals surface area contributed by atoms with Crippen molar-refractivity contribution >= 4 is 0 Å². The van der Waals surface area contributed by atoms with Crippen molar-refractivity contribution in [2.24, 2.45) is 0 Å². The number of allylic oxidation sites excluding steroid dienone is 4. The molecule has 0 spiro atoms. The minimum Gasteiger partial charge on any atom is -0.378 e. The molecule has 3 heterocycles.